The Hall–Kier alpha value is -1.88. The number of rotatable bonds is 4. The van der Waals surface area contributed by atoms with Gasteiger partial charge in [0.15, 0.2) is 6.29 Å². The van der Waals surface area contributed by atoms with Crippen molar-refractivity contribution in [3.63, 3.8) is 0 Å². The van der Waals surface area contributed by atoms with Gasteiger partial charge in [0.1, 0.15) is 5.69 Å². The molecule has 1 heterocycles. The monoisotopic (exact) mass is 321 g/mol. The summed E-state index contributed by atoms with van der Waals surface area (Å²) in [5.74, 6) is -0.535. The molecule has 0 saturated carbocycles. The summed E-state index contributed by atoms with van der Waals surface area (Å²) in [5.41, 5.74) is 1.99. The Labute approximate surface area is 118 Å². The number of H-pyrrole nitrogens is 1. The number of halogens is 1. The summed E-state index contributed by atoms with van der Waals surface area (Å²) < 4.78 is 5.51. The van der Waals surface area contributed by atoms with E-state index in [-0.39, 0.29) is 12.3 Å². The van der Waals surface area contributed by atoms with Crippen LogP contribution in [0.15, 0.2) is 34.9 Å². The lowest BCUT2D eigenvalue weighted by Gasteiger charge is -2.02. The molecule has 19 heavy (non-hydrogen) atoms. The molecule has 2 rings (SSSR count). The number of carbonyl (C=O) groups excluding carboxylic acids is 2. The van der Waals surface area contributed by atoms with Crippen molar-refractivity contribution in [2.24, 2.45) is 0 Å². The maximum atomic E-state index is 11.8. The third kappa shape index (κ3) is 2.61. The van der Waals surface area contributed by atoms with Gasteiger partial charge in [-0.3, -0.25) is 4.79 Å². The number of ether oxygens (including phenoxy) is 1. The molecule has 2 aromatic rings. The van der Waals surface area contributed by atoms with Gasteiger partial charge in [-0.05, 0) is 28.4 Å². The van der Waals surface area contributed by atoms with Crippen LogP contribution >= 0.6 is 15.9 Å². The molecule has 0 fully saturated rings. The molecular formula is C14H12BrNO3. The molecular weight excluding hydrogens is 310 g/mol. The van der Waals surface area contributed by atoms with Gasteiger partial charge in [0, 0.05) is 5.56 Å². The molecule has 0 aliphatic carbocycles. The summed E-state index contributed by atoms with van der Waals surface area (Å²) in [7, 11) is 0. The predicted octanol–water partition coefficient (Wildman–Crippen LogP) is 3.43. The Morgan fingerprint density at radius 1 is 1.37 bits per heavy atom. The van der Waals surface area contributed by atoms with E-state index in [1.54, 1.807) is 6.92 Å². The molecule has 0 aliphatic heterocycles. The molecule has 1 N–H and O–H groups in total. The Morgan fingerprint density at radius 2 is 2.05 bits per heavy atom. The summed E-state index contributed by atoms with van der Waals surface area (Å²) in [5, 5.41) is 0. The molecule has 1 aromatic carbocycles. The molecule has 5 heteroatoms. The summed E-state index contributed by atoms with van der Waals surface area (Å²) in [6.45, 7) is 1.98. The third-order valence-corrected chi connectivity index (χ3v) is 3.25. The van der Waals surface area contributed by atoms with Crippen LogP contribution in [0.5, 0.6) is 0 Å². The van der Waals surface area contributed by atoms with E-state index in [1.807, 2.05) is 30.3 Å². The summed E-state index contributed by atoms with van der Waals surface area (Å²) in [4.78, 5) is 25.9. The highest BCUT2D eigenvalue weighted by atomic mass is 79.9. The number of aromatic nitrogens is 1. The van der Waals surface area contributed by atoms with Crippen molar-refractivity contribution >= 4 is 28.2 Å². The number of aromatic amines is 1. The van der Waals surface area contributed by atoms with Gasteiger partial charge in [-0.25, -0.2) is 4.79 Å². The molecule has 0 spiro atoms. The minimum Gasteiger partial charge on any atom is -0.461 e. The highest BCUT2D eigenvalue weighted by Gasteiger charge is 2.22. The van der Waals surface area contributed by atoms with Gasteiger partial charge in [0.2, 0.25) is 0 Å². The quantitative estimate of drug-likeness (QED) is 0.693. The van der Waals surface area contributed by atoms with Crippen molar-refractivity contribution in [1.82, 2.24) is 4.98 Å². The SMILES string of the molecule is CCOC(=O)c1[nH]c(Br)c(-c2ccccc2)c1C=O. The topological polar surface area (TPSA) is 59.2 Å². The zero-order valence-electron chi connectivity index (χ0n) is 10.3. The first-order chi connectivity index (χ1) is 9.19. The highest BCUT2D eigenvalue weighted by Crippen LogP contribution is 2.33. The fourth-order valence-corrected chi connectivity index (χ4v) is 2.49. The van der Waals surface area contributed by atoms with E-state index < -0.39 is 5.97 Å². The van der Waals surface area contributed by atoms with Crippen LogP contribution < -0.4 is 0 Å². The number of esters is 1. The van der Waals surface area contributed by atoms with Crippen LogP contribution in [0.4, 0.5) is 0 Å². The van der Waals surface area contributed by atoms with E-state index in [2.05, 4.69) is 20.9 Å². The first kappa shape index (κ1) is 13.5. The minimum atomic E-state index is -0.535. The van der Waals surface area contributed by atoms with Crippen LogP contribution in [0.1, 0.15) is 27.8 Å². The van der Waals surface area contributed by atoms with Gasteiger partial charge in [-0.15, -0.1) is 0 Å². The van der Waals surface area contributed by atoms with Gasteiger partial charge in [-0.1, -0.05) is 30.3 Å². The Balaban J connectivity index is 2.57. The van der Waals surface area contributed by atoms with E-state index in [0.717, 1.165) is 5.56 Å². The van der Waals surface area contributed by atoms with Crippen molar-refractivity contribution in [3.8, 4) is 11.1 Å². The Bertz CT molecular complexity index is 605. The van der Waals surface area contributed by atoms with Crippen LogP contribution in [-0.4, -0.2) is 23.8 Å². The van der Waals surface area contributed by atoms with Gasteiger partial charge >= 0.3 is 5.97 Å². The lowest BCUT2D eigenvalue weighted by Crippen LogP contribution is -2.07. The molecule has 1 aromatic heterocycles. The van der Waals surface area contributed by atoms with E-state index in [9.17, 15) is 9.59 Å². The van der Waals surface area contributed by atoms with Crippen LogP contribution in [-0.2, 0) is 4.74 Å². The van der Waals surface area contributed by atoms with Crippen molar-refractivity contribution < 1.29 is 14.3 Å². The minimum absolute atomic E-state index is 0.169. The van der Waals surface area contributed by atoms with E-state index >= 15 is 0 Å². The second-order valence-corrected chi connectivity index (χ2v) is 4.60. The number of nitrogens with one attached hydrogen (secondary N) is 1. The number of hydrogen-bond donors (Lipinski definition) is 1. The van der Waals surface area contributed by atoms with Crippen molar-refractivity contribution in [1.29, 1.82) is 0 Å². The average molecular weight is 322 g/mol. The fourth-order valence-electron chi connectivity index (χ4n) is 1.85. The number of benzene rings is 1. The molecule has 4 nitrogen and oxygen atoms in total. The second-order valence-electron chi connectivity index (χ2n) is 3.81. The van der Waals surface area contributed by atoms with Crippen molar-refractivity contribution in [2.45, 2.75) is 6.92 Å². The van der Waals surface area contributed by atoms with E-state index in [1.165, 1.54) is 0 Å². The summed E-state index contributed by atoms with van der Waals surface area (Å²) >= 11 is 3.34. The van der Waals surface area contributed by atoms with Gasteiger partial charge in [0.05, 0.1) is 16.8 Å². The van der Waals surface area contributed by atoms with Crippen LogP contribution in [0.2, 0.25) is 0 Å². The second kappa shape index (κ2) is 5.84. The molecule has 0 bridgehead atoms. The number of carbonyl (C=O) groups is 2. The summed E-state index contributed by atoms with van der Waals surface area (Å²) in [6.07, 6.45) is 0.663. The highest BCUT2D eigenvalue weighted by molar-refractivity contribution is 9.10. The predicted molar refractivity (Wildman–Crippen MR) is 75.3 cm³/mol. The first-order valence-corrected chi connectivity index (χ1v) is 6.57. The third-order valence-electron chi connectivity index (χ3n) is 2.65. The van der Waals surface area contributed by atoms with E-state index in [0.29, 0.717) is 22.0 Å². The average Bonchev–Trinajstić information content (AvgIpc) is 2.77. The van der Waals surface area contributed by atoms with Gasteiger partial charge in [-0.2, -0.15) is 0 Å². The molecule has 0 unspecified atom stereocenters. The molecule has 0 aliphatic rings. The molecule has 0 radical (unpaired) electrons. The van der Waals surface area contributed by atoms with E-state index in [4.69, 9.17) is 4.74 Å². The largest absolute Gasteiger partial charge is 0.461 e. The standard InChI is InChI=1S/C14H12BrNO3/c1-2-19-14(18)12-10(8-17)11(13(15)16-12)9-6-4-3-5-7-9/h3-8,16H,2H2,1H3. The van der Waals surface area contributed by atoms with Crippen molar-refractivity contribution in [2.75, 3.05) is 6.61 Å². The first-order valence-electron chi connectivity index (χ1n) is 5.78. The van der Waals surface area contributed by atoms with Crippen molar-refractivity contribution in [3.05, 3.63) is 46.2 Å². The Kier molecular flexibility index (Phi) is 4.16. The van der Waals surface area contributed by atoms with Crippen LogP contribution in [0, 0.1) is 0 Å². The number of hydrogen-bond acceptors (Lipinski definition) is 3. The zero-order valence-corrected chi connectivity index (χ0v) is 11.9. The van der Waals surface area contributed by atoms with Gasteiger partial charge < -0.3 is 9.72 Å². The maximum Gasteiger partial charge on any atom is 0.355 e. The summed E-state index contributed by atoms with van der Waals surface area (Å²) in [6, 6.07) is 9.36. The molecule has 0 atom stereocenters. The molecule has 0 saturated heterocycles. The zero-order chi connectivity index (χ0) is 13.8. The van der Waals surface area contributed by atoms with Gasteiger partial charge in [0.25, 0.3) is 0 Å². The lowest BCUT2D eigenvalue weighted by atomic mass is 10.0. The van der Waals surface area contributed by atoms with Crippen LogP contribution in [0.25, 0.3) is 11.1 Å². The molecule has 0 amide bonds. The smallest absolute Gasteiger partial charge is 0.355 e. The normalized spacial score (nSPS) is 10.2. The number of aldehydes is 1. The fraction of sp³-hybridized carbons (Fsp3) is 0.143. The van der Waals surface area contributed by atoms with Crippen LogP contribution in [0.3, 0.4) is 0 Å². The molecule has 98 valence electrons. The lowest BCUT2D eigenvalue weighted by molar-refractivity contribution is 0.0518. The Morgan fingerprint density at radius 3 is 2.63 bits per heavy atom. The maximum absolute atomic E-state index is 11.8.